The smallest absolute Gasteiger partial charge is 0.123 e. The van der Waals surface area contributed by atoms with Gasteiger partial charge in [0.15, 0.2) is 0 Å². The molecule has 0 aliphatic heterocycles. The van der Waals surface area contributed by atoms with E-state index in [1.54, 1.807) is 10.0 Å². The van der Waals surface area contributed by atoms with Crippen LogP contribution < -0.4 is 21.7 Å². The van der Waals surface area contributed by atoms with Gasteiger partial charge in [0.25, 0.3) is 0 Å². The van der Waals surface area contributed by atoms with Crippen LogP contribution >= 0.6 is 0 Å². The van der Waals surface area contributed by atoms with Crippen molar-refractivity contribution in [1.29, 1.82) is 0 Å². The number of phenolic OH excluding ortho intramolecular Hbond substituents is 2. The zero-order chi connectivity index (χ0) is 19.2. The molecule has 6 heteroatoms. The highest BCUT2D eigenvalue weighted by atomic mass is 16.3. The molecule has 0 aromatic heterocycles. The minimum absolute atomic E-state index is 0.0941. The van der Waals surface area contributed by atoms with Gasteiger partial charge in [-0.3, -0.25) is 0 Å². The Morgan fingerprint density at radius 2 is 1.00 bits per heavy atom. The predicted molar refractivity (Wildman–Crippen MR) is 108 cm³/mol. The standard InChI is InChI=1S/C20H26N4O2/c1-11(2)23(21)17-5-6-18(24(22)12(3)4)14-10-16-15(9-13(14)17)19(25)7-8-20(16)26/h5-12,25-26H,21-22H2,1-4H3. The molecular weight excluding hydrogens is 328 g/mol. The van der Waals surface area contributed by atoms with Crippen LogP contribution in [0.4, 0.5) is 11.4 Å². The number of anilines is 2. The van der Waals surface area contributed by atoms with Gasteiger partial charge in [0.05, 0.1) is 11.4 Å². The van der Waals surface area contributed by atoms with E-state index in [2.05, 4.69) is 0 Å². The zero-order valence-electron chi connectivity index (χ0n) is 15.6. The lowest BCUT2D eigenvalue weighted by atomic mass is 9.98. The number of aromatic hydroxyl groups is 2. The average molecular weight is 354 g/mol. The molecule has 0 radical (unpaired) electrons. The molecule has 0 saturated carbocycles. The SMILES string of the molecule is CC(C)N(N)c1ccc(N(N)C(C)C)c2cc3c(O)ccc(O)c3cc12. The second kappa shape index (κ2) is 6.55. The molecule has 0 heterocycles. The number of rotatable bonds is 4. The van der Waals surface area contributed by atoms with Gasteiger partial charge in [-0.05, 0) is 64.1 Å². The minimum Gasteiger partial charge on any atom is -0.507 e. The molecule has 6 N–H and O–H groups in total. The fourth-order valence-electron chi connectivity index (χ4n) is 3.13. The van der Waals surface area contributed by atoms with Crippen molar-refractivity contribution < 1.29 is 10.2 Å². The van der Waals surface area contributed by atoms with Gasteiger partial charge in [0, 0.05) is 33.6 Å². The van der Waals surface area contributed by atoms with E-state index in [1.165, 1.54) is 12.1 Å². The van der Waals surface area contributed by atoms with Crippen molar-refractivity contribution in [2.75, 3.05) is 10.0 Å². The topological polar surface area (TPSA) is 99.0 Å². The van der Waals surface area contributed by atoms with Crippen LogP contribution in [0.15, 0.2) is 36.4 Å². The van der Waals surface area contributed by atoms with Crippen LogP contribution in [0.5, 0.6) is 11.5 Å². The molecule has 3 aromatic carbocycles. The van der Waals surface area contributed by atoms with Gasteiger partial charge in [0.1, 0.15) is 11.5 Å². The van der Waals surface area contributed by atoms with Crippen LogP contribution in [0.3, 0.4) is 0 Å². The first-order valence-electron chi connectivity index (χ1n) is 8.71. The quantitative estimate of drug-likeness (QED) is 0.247. The number of nitrogens with zero attached hydrogens (tertiary/aromatic N) is 2. The van der Waals surface area contributed by atoms with E-state index in [1.807, 2.05) is 52.0 Å². The third-order valence-electron chi connectivity index (χ3n) is 4.73. The molecule has 3 rings (SSSR count). The van der Waals surface area contributed by atoms with Gasteiger partial charge >= 0.3 is 0 Å². The lowest BCUT2D eigenvalue weighted by molar-refractivity contribution is 0.469. The number of hydrazine groups is 2. The summed E-state index contributed by atoms with van der Waals surface area (Å²) in [6.45, 7) is 8.03. The summed E-state index contributed by atoms with van der Waals surface area (Å²) in [7, 11) is 0. The zero-order valence-corrected chi connectivity index (χ0v) is 15.6. The second-order valence-corrected chi connectivity index (χ2v) is 7.15. The monoisotopic (exact) mass is 354 g/mol. The molecule has 138 valence electrons. The molecule has 26 heavy (non-hydrogen) atoms. The second-order valence-electron chi connectivity index (χ2n) is 7.15. The first kappa shape index (κ1) is 18.1. The molecule has 0 amide bonds. The van der Waals surface area contributed by atoms with E-state index in [0.29, 0.717) is 10.8 Å². The highest BCUT2D eigenvalue weighted by molar-refractivity contribution is 6.11. The maximum atomic E-state index is 10.3. The first-order chi connectivity index (χ1) is 12.2. The highest BCUT2D eigenvalue weighted by Gasteiger charge is 2.18. The van der Waals surface area contributed by atoms with Gasteiger partial charge in [-0.15, -0.1) is 0 Å². The molecule has 0 fully saturated rings. The molecule has 0 saturated heterocycles. The van der Waals surface area contributed by atoms with Gasteiger partial charge < -0.3 is 20.2 Å². The Bertz CT molecular complexity index is 891. The summed E-state index contributed by atoms with van der Waals surface area (Å²) in [5.74, 6) is 12.8. The molecule has 0 aliphatic carbocycles. The highest BCUT2D eigenvalue weighted by Crippen LogP contribution is 2.41. The van der Waals surface area contributed by atoms with E-state index in [9.17, 15) is 10.2 Å². The van der Waals surface area contributed by atoms with Gasteiger partial charge in [-0.1, -0.05) is 0 Å². The molecule has 3 aromatic rings. The Morgan fingerprint density at radius 1 is 0.654 bits per heavy atom. The van der Waals surface area contributed by atoms with Crippen molar-refractivity contribution in [3.63, 3.8) is 0 Å². The van der Waals surface area contributed by atoms with Crippen molar-refractivity contribution >= 4 is 32.9 Å². The summed E-state index contributed by atoms with van der Waals surface area (Å²) in [6.07, 6.45) is 0. The third-order valence-corrected chi connectivity index (χ3v) is 4.73. The van der Waals surface area contributed by atoms with Crippen LogP contribution in [0.2, 0.25) is 0 Å². The maximum absolute atomic E-state index is 10.3. The van der Waals surface area contributed by atoms with Crippen molar-refractivity contribution in [3.8, 4) is 11.5 Å². The van der Waals surface area contributed by atoms with Crippen LogP contribution in [-0.4, -0.2) is 22.3 Å². The van der Waals surface area contributed by atoms with Crippen LogP contribution in [0, 0.1) is 0 Å². The van der Waals surface area contributed by atoms with Crippen LogP contribution in [0.1, 0.15) is 27.7 Å². The van der Waals surface area contributed by atoms with Crippen LogP contribution in [-0.2, 0) is 0 Å². The molecule has 0 unspecified atom stereocenters. The lowest BCUT2D eigenvalue weighted by Crippen LogP contribution is -2.39. The molecule has 0 bridgehead atoms. The number of hydrogen-bond donors (Lipinski definition) is 4. The molecule has 0 atom stereocenters. The Hall–Kier alpha value is -2.70. The summed E-state index contributed by atoms with van der Waals surface area (Å²) in [4.78, 5) is 0. The van der Waals surface area contributed by atoms with E-state index in [4.69, 9.17) is 11.7 Å². The summed E-state index contributed by atoms with van der Waals surface area (Å²) in [5.41, 5.74) is 1.67. The van der Waals surface area contributed by atoms with Gasteiger partial charge in [-0.25, -0.2) is 11.7 Å². The fraction of sp³-hybridized carbons (Fsp3) is 0.300. The largest absolute Gasteiger partial charge is 0.507 e. The summed E-state index contributed by atoms with van der Waals surface area (Å²) in [6, 6.07) is 10.7. The number of phenols is 2. The minimum atomic E-state index is 0.0941. The molecule has 0 spiro atoms. The molecular formula is C20H26N4O2. The van der Waals surface area contributed by atoms with Crippen molar-refractivity contribution in [1.82, 2.24) is 0 Å². The predicted octanol–water partition coefficient (Wildman–Crippen LogP) is 3.58. The van der Waals surface area contributed by atoms with Gasteiger partial charge in [-0.2, -0.15) is 0 Å². The van der Waals surface area contributed by atoms with Crippen molar-refractivity contribution in [2.24, 2.45) is 11.7 Å². The van der Waals surface area contributed by atoms with Gasteiger partial charge in [0.2, 0.25) is 0 Å². The van der Waals surface area contributed by atoms with E-state index in [0.717, 1.165) is 22.1 Å². The van der Waals surface area contributed by atoms with E-state index in [-0.39, 0.29) is 23.6 Å². The Labute approximate surface area is 153 Å². The Balaban J connectivity index is 2.44. The number of benzene rings is 3. The molecule has 0 aliphatic rings. The Morgan fingerprint density at radius 3 is 1.31 bits per heavy atom. The molecule has 6 nitrogen and oxygen atoms in total. The normalized spacial score (nSPS) is 11.7. The third kappa shape index (κ3) is 2.87. The average Bonchev–Trinajstić information content (AvgIpc) is 2.61. The summed E-state index contributed by atoms with van der Waals surface area (Å²) < 4.78 is 0. The Kier molecular flexibility index (Phi) is 4.56. The van der Waals surface area contributed by atoms with E-state index < -0.39 is 0 Å². The van der Waals surface area contributed by atoms with Crippen molar-refractivity contribution in [3.05, 3.63) is 36.4 Å². The van der Waals surface area contributed by atoms with E-state index >= 15 is 0 Å². The maximum Gasteiger partial charge on any atom is 0.123 e. The first-order valence-corrected chi connectivity index (χ1v) is 8.71. The number of fused-ring (bicyclic) bond motifs is 2. The number of nitrogens with two attached hydrogens (primary N) is 2. The summed E-state index contributed by atoms with van der Waals surface area (Å²) in [5, 5.41) is 26.8. The number of hydrogen-bond acceptors (Lipinski definition) is 6. The summed E-state index contributed by atoms with van der Waals surface area (Å²) >= 11 is 0. The fourth-order valence-corrected chi connectivity index (χ4v) is 3.13. The van der Waals surface area contributed by atoms with Crippen molar-refractivity contribution in [2.45, 2.75) is 39.8 Å². The lowest BCUT2D eigenvalue weighted by Gasteiger charge is -2.29. The van der Waals surface area contributed by atoms with Crippen LogP contribution in [0.25, 0.3) is 21.5 Å².